The summed E-state index contributed by atoms with van der Waals surface area (Å²) in [4.78, 5) is 14.0. The second kappa shape index (κ2) is 6.01. The van der Waals surface area contributed by atoms with Gasteiger partial charge in [-0.05, 0) is 37.3 Å². The molecule has 1 atom stereocenters. The topological polar surface area (TPSA) is 40.5 Å². The van der Waals surface area contributed by atoms with E-state index in [1.807, 2.05) is 11.0 Å². The Bertz CT molecular complexity index is 415. The van der Waals surface area contributed by atoms with Gasteiger partial charge in [0.05, 0.1) is 6.10 Å². The molecular formula is C15H21NO2. The molecule has 0 saturated carbocycles. The minimum atomic E-state index is -0.395. The normalized spacial score (nSPS) is 16.9. The van der Waals surface area contributed by atoms with Crippen LogP contribution in [0.2, 0.25) is 0 Å². The van der Waals surface area contributed by atoms with Crippen molar-refractivity contribution in [2.24, 2.45) is 0 Å². The highest BCUT2D eigenvalue weighted by atomic mass is 16.3. The number of hydrogen-bond donors (Lipinski definition) is 1. The summed E-state index contributed by atoms with van der Waals surface area (Å²) in [5.41, 5.74) is 2.63. The third kappa shape index (κ3) is 3.33. The predicted molar refractivity (Wildman–Crippen MR) is 71.1 cm³/mol. The molecule has 0 saturated heterocycles. The van der Waals surface area contributed by atoms with Gasteiger partial charge in [-0.25, -0.2) is 0 Å². The first-order chi connectivity index (χ1) is 8.66. The van der Waals surface area contributed by atoms with Crippen LogP contribution in [0.25, 0.3) is 0 Å². The maximum Gasteiger partial charge on any atom is 0.222 e. The van der Waals surface area contributed by atoms with Crippen LogP contribution in [0.5, 0.6) is 0 Å². The molecule has 1 N–H and O–H groups in total. The Labute approximate surface area is 108 Å². The maximum atomic E-state index is 12.1. The molecule has 18 heavy (non-hydrogen) atoms. The van der Waals surface area contributed by atoms with E-state index in [0.29, 0.717) is 12.8 Å². The van der Waals surface area contributed by atoms with Gasteiger partial charge in [-0.15, -0.1) is 0 Å². The molecule has 0 radical (unpaired) electrons. The third-order valence-corrected chi connectivity index (χ3v) is 3.48. The molecule has 1 aromatic carbocycles. The highest BCUT2D eigenvalue weighted by Crippen LogP contribution is 2.19. The van der Waals surface area contributed by atoms with Gasteiger partial charge in [-0.3, -0.25) is 4.79 Å². The van der Waals surface area contributed by atoms with Crippen molar-refractivity contribution >= 4 is 5.91 Å². The summed E-state index contributed by atoms with van der Waals surface area (Å²) >= 11 is 0. The lowest BCUT2D eigenvalue weighted by Gasteiger charge is -2.21. The molecule has 1 aromatic rings. The lowest BCUT2D eigenvalue weighted by atomic mass is 10.0. The number of carbonyl (C=O) groups excluding carboxylic acids is 1. The first kappa shape index (κ1) is 13.1. The Kier molecular flexibility index (Phi) is 4.37. The molecule has 0 fully saturated rings. The van der Waals surface area contributed by atoms with Crippen LogP contribution in [0, 0.1) is 0 Å². The molecule has 1 unspecified atom stereocenters. The largest absolute Gasteiger partial charge is 0.393 e. The number of amides is 1. The van der Waals surface area contributed by atoms with Crippen LogP contribution in [-0.4, -0.2) is 28.6 Å². The van der Waals surface area contributed by atoms with E-state index < -0.39 is 6.10 Å². The number of aliphatic hydroxyl groups is 1. The van der Waals surface area contributed by atoms with Crippen molar-refractivity contribution in [3.8, 4) is 0 Å². The molecule has 0 spiro atoms. The monoisotopic (exact) mass is 247 g/mol. The summed E-state index contributed by atoms with van der Waals surface area (Å²) in [6, 6.07) is 8.35. The van der Waals surface area contributed by atoms with E-state index >= 15 is 0 Å². The second-order valence-electron chi connectivity index (χ2n) is 5.08. The number of aryl methyl sites for hydroxylation is 1. The molecule has 3 heteroatoms. The van der Waals surface area contributed by atoms with Crippen LogP contribution in [0.4, 0.5) is 0 Å². The Morgan fingerprint density at radius 1 is 1.39 bits per heavy atom. The lowest BCUT2D eigenvalue weighted by molar-refractivity contribution is -0.132. The molecule has 1 heterocycles. The Hall–Kier alpha value is -1.35. The van der Waals surface area contributed by atoms with E-state index in [2.05, 4.69) is 18.2 Å². The SMILES string of the molecule is CC(O)CCC(=O)N1CCCc2ccccc2C1. The van der Waals surface area contributed by atoms with Crippen LogP contribution >= 0.6 is 0 Å². The molecule has 0 aromatic heterocycles. The zero-order chi connectivity index (χ0) is 13.0. The van der Waals surface area contributed by atoms with Gasteiger partial charge in [0, 0.05) is 19.5 Å². The lowest BCUT2D eigenvalue weighted by Crippen LogP contribution is -2.31. The van der Waals surface area contributed by atoms with E-state index in [9.17, 15) is 9.90 Å². The van der Waals surface area contributed by atoms with Crippen molar-refractivity contribution in [2.45, 2.75) is 45.3 Å². The Balaban J connectivity index is 2.01. The van der Waals surface area contributed by atoms with Gasteiger partial charge in [0.2, 0.25) is 5.91 Å². The molecule has 98 valence electrons. The predicted octanol–water partition coefficient (Wildman–Crippen LogP) is 2.12. The fourth-order valence-electron chi connectivity index (χ4n) is 2.40. The first-order valence-electron chi connectivity index (χ1n) is 6.69. The summed E-state index contributed by atoms with van der Waals surface area (Å²) in [6.07, 6.45) is 2.68. The molecule has 0 aliphatic carbocycles. The van der Waals surface area contributed by atoms with Crippen LogP contribution in [-0.2, 0) is 17.8 Å². The van der Waals surface area contributed by atoms with Crippen molar-refractivity contribution in [3.05, 3.63) is 35.4 Å². The minimum absolute atomic E-state index is 0.160. The standard InChI is InChI=1S/C15H21NO2/c1-12(17)8-9-15(18)16-10-4-7-13-5-2-3-6-14(13)11-16/h2-3,5-6,12,17H,4,7-11H2,1H3. The highest BCUT2D eigenvalue weighted by molar-refractivity contribution is 5.76. The van der Waals surface area contributed by atoms with Gasteiger partial charge in [0.15, 0.2) is 0 Å². The molecule has 1 aliphatic rings. The van der Waals surface area contributed by atoms with Crippen LogP contribution in [0.15, 0.2) is 24.3 Å². The first-order valence-corrected chi connectivity index (χ1v) is 6.69. The molecule has 1 aliphatic heterocycles. The van der Waals surface area contributed by atoms with Gasteiger partial charge in [0.25, 0.3) is 0 Å². The van der Waals surface area contributed by atoms with Crippen LogP contribution < -0.4 is 0 Å². The van der Waals surface area contributed by atoms with E-state index in [0.717, 1.165) is 25.9 Å². The third-order valence-electron chi connectivity index (χ3n) is 3.48. The summed E-state index contributed by atoms with van der Waals surface area (Å²) in [5, 5.41) is 9.24. The Morgan fingerprint density at radius 2 is 2.11 bits per heavy atom. The summed E-state index contributed by atoms with van der Waals surface area (Å²) < 4.78 is 0. The number of benzene rings is 1. The van der Waals surface area contributed by atoms with Crippen molar-refractivity contribution in [2.75, 3.05) is 6.54 Å². The number of hydrogen-bond acceptors (Lipinski definition) is 2. The highest BCUT2D eigenvalue weighted by Gasteiger charge is 2.18. The van der Waals surface area contributed by atoms with Gasteiger partial charge in [0.1, 0.15) is 0 Å². The zero-order valence-corrected chi connectivity index (χ0v) is 10.9. The average molecular weight is 247 g/mol. The summed E-state index contributed by atoms with van der Waals surface area (Å²) in [7, 11) is 0. The van der Waals surface area contributed by atoms with E-state index in [-0.39, 0.29) is 5.91 Å². The molecular weight excluding hydrogens is 226 g/mol. The fourth-order valence-corrected chi connectivity index (χ4v) is 2.40. The van der Waals surface area contributed by atoms with E-state index in [1.165, 1.54) is 11.1 Å². The summed E-state index contributed by atoms with van der Waals surface area (Å²) in [6.45, 7) is 3.27. The van der Waals surface area contributed by atoms with Crippen LogP contribution in [0.3, 0.4) is 0 Å². The average Bonchev–Trinajstić information content (AvgIpc) is 2.57. The molecule has 0 bridgehead atoms. The second-order valence-corrected chi connectivity index (χ2v) is 5.08. The number of nitrogens with zero attached hydrogens (tertiary/aromatic N) is 1. The fraction of sp³-hybridized carbons (Fsp3) is 0.533. The van der Waals surface area contributed by atoms with Crippen molar-refractivity contribution in [1.29, 1.82) is 0 Å². The minimum Gasteiger partial charge on any atom is -0.393 e. The number of carbonyl (C=O) groups is 1. The van der Waals surface area contributed by atoms with Gasteiger partial charge < -0.3 is 10.0 Å². The van der Waals surface area contributed by atoms with Crippen molar-refractivity contribution in [3.63, 3.8) is 0 Å². The number of rotatable bonds is 3. The van der Waals surface area contributed by atoms with Gasteiger partial charge in [-0.1, -0.05) is 24.3 Å². The van der Waals surface area contributed by atoms with E-state index in [1.54, 1.807) is 6.92 Å². The molecule has 3 nitrogen and oxygen atoms in total. The maximum absolute atomic E-state index is 12.1. The van der Waals surface area contributed by atoms with Crippen molar-refractivity contribution < 1.29 is 9.90 Å². The number of fused-ring (bicyclic) bond motifs is 1. The molecule has 2 rings (SSSR count). The van der Waals surface area contributed by atoms with E-state index in [4.69, 9.17) is 0 Å². The smallest absolute Gasteiger partial charge is 0.222 e. The van der Waals surface area contributed by atoms with Crippen LogP contribution in [0.1, 0.15) is 37.3 Å². The van der Waals surface area contributed by atoms with Crippen molar-refractivity contribution in [1.82, 2.24) is 4.90 Å². The molecule has 1 amide bonds. The Morgan fingerprint density at radius 3 is 2.83 bits per heavy atom. The number of aliphatic hydroxyl groups excluding tert-OH is 1. The zero-order valence-electron chi connectivity index (χ0n) is 10.9. The van der Waals surface area contributed by atoms with Gasteiger partial charge in [-0.2, -0.15) is 0 Å². The quantitative estimate of drug-likeness (QED) is 0.889. The van der Waals surface area contributed by atoms with Gasteiger partial charge >= 0.3 is 0 Å². The summed E-state index contributed by atoms with van der Waals surface area (Å²) in [5.74, 6) is 0.160.